The number of furan rings is 2. The van der Waals surface area contributed by atoms with Gasteiger partial charge in [0, 0.05) is 47.8 Å². The number of nitrogens with zero attached hydrogens (tertiary/aromatic N) is 3. The van der Waals surface area contributed by atoms with E-state index in [9.17, 15) is 24.0 Å². The van der Waals surface area contributed by atoms with Crippen LogP contribution in [0.4, 0.5) is 24.0 Å². The van der Waals surface area contributed by atoms with Gasteiger partial charge in [0.2, 0.25) is 5.96 Å². The molecule has 0 fully saturated rings. The molecule has 0 radical (unpaired) electrons. The number of amidine groups is 2. The number of ether oxygens (including phenoxy) is 5. The van der Waals surface area contributed by atoms with E-state index in [0.29, 0.717) is 44.6 Å². The molecule has 19 nitrogen and oxygen atoms in total. The lowest BCUT2D eigenvalue weighted by atomic mass is 10.1. The fraction of sp³-hybridized carbons (Fsp3) is 0.520. The summed E-state index contributed by atoms with van der Waals surface area (Å²) >= 11 is 0. The largest absolute Gasteiger partial charge is 0.461 e. The summed E-state index contributed by atoms with van der Waals surface area (Å²) in [7, 11) is 0. The molecule has 2 aromatic heterocycles. The number of carbonyl (C=O) groups excluding carboxylic acids is 5. The van der Waals surface area contributed by atoms with E-state index in [-0.39, 0.29) is 56.4 Å². The number of guanidine groups is 1. The van der Waals surface area contributed by atoms with Gasteiger partial charge in [-0.2, -0.15) is 0 Å². The topological polar surface area (TPSA) is 248 Å². The van der Waals surface area contributed by atoms with Gasteiger partial charge in [0.1, 0.15) is 62.4 Å². The Hall–Kier alpha value is -6.92. The molecular weight excluding hydrogens is 891 g/mol. The number of rotatable bonds is 10. The zero-order chi connectivity index (χ0) is 51.9. The number of fused-ring (bicyclic) bond motifs is 2. The van der Waals surface area contributed by atoms with Crippen LogP contribution in [0.15, 0.2) is 62.4 Å². The summed E-state index contributed by atoms with van der Waals surface area (Å²) in [6.45, 7) is 25.2. The quantitative estimate of drug-likeness (QED) is 0.0658. The van der Waals surface area contributed by atoms with Crippen molar-refractivity contribution in [3.05, 3.63) is 71.2 Å². The first-order chi connectivity index (χ1) is 31.6. The first kappa shape index (κ1) is 54.7. The van der Waals surface area contributed by atoms with Crippen LogP contribution >= 0.6 is 0 Å². The molecule has 376 valence electrons. The number of benzene rings is 2. The lowest BCUT2D eigenvalue weighted by molar-refractivity contribution is 0.0270. The second kappa shape index (κ2) is 21.6. The van der Waals surface area contributed by atoms with Gasteiger partial charge in [0.15, 0.2) is 0 Å². The summed E-state index contributed by atoms with van der Waals surface area (Å²) < 4.78 is 40.0. The predicted molar refractivity (Wildman–Crippen MR) is 261 cm³/mol. The highest BCUT2D eigenvalue weighted by Gasteiger charge is 2.36. The smallest absolute Gasteiger partial charge is 0.437 e. The maximum absolute atomic E-state index is 14.3. The normalized spacial score (nSPS) is 12.2. The molecule has 4 aromatic rings. The van der Waals surface area contributed by atoms with Gasteiger partial charge in [0.05, 0.1) is 0 Å². The van der Waals surface area contributed by atoms with Crippen molar-refractivity contribution >= 4 is 70.0 Å². The Morgan fingerprint density at radius 2 is 0.870 bits per heavy atom. The molecule has 2 heterocycles. The van der Waals surface area contributed by atoms with Crippen LogP contribution < -0.4 is 10.6 Å². The molecule has 0 aliphatic rings. The minimum atomic E-state index is -1.07. The molecular formula is C50H69N7O12. The van der Waals surface area contributed by atoms with Crippen molar-refractivity contribution in [1.82, 2.24) is 20.4 Å². The van der Waals surface area contributed by atoms with Crippen LogP contribution in [-0.4, -0.2) is 99.0 Å². The van der Waals surface area contributed by atoms with E-state index in [1.807, 2.05) is 0 Å². The van der Waals surface area contributed by atoms with Gasteiger partial charge in [-0.15, -0.1) is 4.99 Å². The van der Waals surface area contributed by atoms with E-state index in [2.05, 4.69) is 15.6 Å². The number of amides is 5. The van der Waals surface area contributed by atoms with Crippen molar-refractivity contribution < 1.29 is 56.5 Å². The Labute approximate surface area is 403 Å². The Kier molecular flexibility index (Phi) is 17.1. The number of nitrogens with one attached hydrogen (secondary N) is 4. The van der Waals surface area contributed by atoms with Crippen LogP contribution in [-0.2, 0) is 36.5 Å². The minimum absolute atomic E-state index is 0.119. The van der Waals surface area contributed by atoms with Gasteiger partial charge in [-0.05, 0) is 165 Å². The van der Waals surface area contributed by atoms with Gasteiger partial charge in [0.25, 0.3) is 0 Å². The van der Waals surface area contributed by atoms with Crippen molar-refractivity contribution in [2.75, 3.05) is 13.1 Å². The van der Waals surface area contributed by atoms with Crippen LogP contribution in [0.5, 0.6) is 0 Å². The summed E-state index contributed by atoms with van der Waals surface area (Å²) in [5.74, 6) is 0.354. The summed E-state index contributed by atoms with van der Waals surface area (Å²) in [5, 5.41) is 23.0. The zero-order valence-corrected chi connectivity index (χ0v) is 42.6. The van der Waals surface area contributed by atoms with E-state index in [4.69, 9.17) is 43.3 Å². The van der Waals surface area contributed by atoms with E-state index in [1.165, 1.54) is 0 Å². The first-order valence-corrected chi connectivity index (χ1v) is 22.7. The molecule has 0 atom stereocenters. The van der Waals surface area contributed by atoms with E-state index in [0.717, 1.165) is 9.80 Å². The predicted octanol–water partition coefficient (Wildman–Crippen LogP) is 11.2. The van der Waals surface area contributed by atoms with Crippen LogP contribution in [0.25, 0.3) is 21.9 Å². The maximum atomic E-state index is 14.3. The molecule has 0 saturated heterocycles. The van der Waals surface area contributed by atoms with Gasteiger partial charge >= 0.3 is 30.5 Å². The monoisotopic (exact) mass is 960 g/mol. The minimum Gasteiger partial charge on any atom is -0.461 e. The molecule has 0 bridgehead atoms. The molecule has 4 N–H and O–H groups in total. The fourth-order valence-electron chi connectivity index (χ4n) is 6.35. The molecule has 5 amide bonds. The summed E-state index contributed by atoms with van der Waals surface area (Å²) in [4.78, 5) is 73.2. The van der Waals surface area contributed by atoms with Crippen LogP contribution in [0.3, 0.4) is 0 Å². The maximum Gasteiger partial charge on any atom is 0.437 e. The fourth-order valence-corrected chi connectivity index (χ4v) is 6.35. The number of aryl methyl sites for hydroxylation is 2. The lowest BCUT2D eigenvalue weighted by Gasteiger charge is -2.34. The second-order valence-electron chi connectivity index (χ2n) is 21.3. The van der Waals surface area contributed by atoms with Crippen LogP contribution in [0, 0.1) is 10.8 Å². The SMILES string of the molecule is CC(C)(C)OC(=O)N=C(N(CCCc1cc2cc(C(=N)NC(=O)OC(C)(C)C)ccc2o1)C(=O)OC(C)(C)C)N(CCCc1cc2cc(C(=N)NC(=O)OC(C)(C)C)ccc2o1)C(=O)OC(C)(C)C. The average molecular weight is 960 g/mol. The number of alkyl carbamates (subject to hydrolysis) is 2. The third-order valence-electron chi connectivity index (χ3n) is 8.87. The van der Waals surface area contributed by atoms with Crippen molar-refractivity contribution in [2.24, 2.45) is 4.99 Å². The van der Waals surface area contributed by atoms with Crippen molar-refractivity contribution in [2.45, 2.75) is 158 Å². The highest BCUT2D eigenvalue weighted by molar-refractivity contribution is 6.07. The van der Waals surface area contributed by atoms with Gasteiger partial charge in [-0.3, -0.25) is 21.5 Å². The van der Waals surface area contributed by atoms with Gasteiger partial charge in [-0.1, -0.05) is 0 Å². The average Bonchev–Trinajstić information content (AvgIpc) is 3.76. The first-order valence-electron chi connectivity index (χ1n) is 22.7. The van der Waals surface area contributed by atoms with Crippen LogP contribution in [0.1, 0.15) is 139 Å². The number of aliphatic imine (C=N–C) groups is 1. The Bertz CT molecular complexity index is 2410. The molecule has 2 aromatic carbocycles. The third kappa shape index (κ3) is 18.3. The van der Waals surface area contributed by atoms with E-state index >= 15 is 0 Å². The summed E-state index contributed by atoms with van der Waals surface area (Å²) in [6.07, 6.45) is -3.39. The Morgan fingerprint density at radius 3 is 1.20 bits per heavy atom. The number of hydrogen-bond donors (Lipinski definition) is 4. The Balaban J connectivity index is 1.65. The number of hydrogen-bond acceptors (Lipinski definition) is 14. The van der Waals surface area contributed by atoms with Gasteiger partial charge < -0.3 is 32.5 Å². The number of carbonyl (C=O) groups is 5. The Morgan fingerprint density at radius 1 is 0.522 bits per heavy atom. The van der Waals surface area contributed by atoms with Gasteiger partial charge in [-0.25, -0.2) is 33.8 Å². The molecule has 0 saturated carbocycles. The zero-order valence-electron chi connectivity index (χ0n) is 42.6. The molecule has 19 heteroatoms. The van der Waals surface area contributed by atoms with E-state index in [1.54, 1.807) is 152 Å². The van der Waals surface area contributed by atoms with Crippen molar-refractivity contribution in [3.63, 3.8) is 0 Å². The highest BCUT2D eigenvalue weighted by atomic mass is 16.6. The van der Waals surface area contributed by atoms with E-state index < -0.39 is 58.5 Å². The summed E-state index contributed by atoms with van der Waals surface area (Å²) in [6, 6.07) is 13.6. The molecule has 0 aliphatic carbocycles. The van der Waals surface area contributed by atoms with Crippen molar-refractivity contribution in [3.8, 4) is 0 Å². The molecule has 4 rings (SSSR count). The third-order valence-corrected chi connectivity index (χ3v) is 8.87. The molecule has 69 heavy (non-hydrogen) atoms. The second-order valence-corrected chi connectivity index (χ2v) is 21.3. The lowest BCUT2D eigenvalue weighted by Crippen LogP contribution is -2.53. The highest BCUT2D eigenvalue weighted by Crippen LogP contribution is 2.25. The molecule has 0 spiro atoms. The molecule has 0 unspecified atom stereocenters. The standard InChI is InChI=1S/C50H69N7O12/c1-46(2,3)65-41(58)53-38(51)30-20-22-36-32(26-30)28-34(63-36)18-16-24-56(44(61)68-49(10,11)12)40(55-43(60)67-48(7,8)9)57(45(62)69-50(13,14)15)25-17-19-35-29-33-27-31(21-23-37(33)64-35)39(52)54-42(59)66-47(4,5)6/h20-23,26-29H,16-19,24-25H2,1-15H3,(H2,51,53,58)(H2,52,54,59). The van der Waals surface area contributed by atoms with Crippen molar-refractivity contribution in [1.29, 1.82) is 10.8 Å². The van der Waals surface area contributed by atoms with Crippen LogP contribution in [0.2, 0.25) is 0 Å². The molecule has 0 aliphatic heterocycles. The summed E-state index contributed by atoms with van der Waals surface area (Å²) in [5.41, 5.74) is -2.61.